The van der Waals surface area contributed by atoms with Crippen LogP contribution in [0.3, 0.4) is 0 Å². The quantitative estimate of drug-likeness (QED) is 0.750. The van der Waals surface area contributed by atoms with E-state index in [0.29, 0.717) is 0 Å². The number of hydrogen-bond acceptors (Lipinski definition) is 2. The second-order valence-corrected chi connectivity index (χ2v) is 5.71. The summed E-state index contributed by atoms with van der Waals surface area (Å²) in [6, 6.07) is 17.2. The minimum Gasteiger partial charge on any atom is -0.480 e. The van der Waals surface area contributed by atoms with Crippen LogP contribution in [0.5, 0.6) is 0 Å². The second-order valence-electron chi connectivity index (χ2n) is 5.71. The van der Waals surface area contributed by atoms with Gasteiger partial charge in [0.05, 0.1) is 0 Å². The number of benzene rings is 3. The van der Waals surface area contributed by atoms with Crippen molar-refractivity contribution < 1.29 is 19.1 Å². The van der Waals surface area contributed by atoms with E-state index < -0.39 is 23.7 Å². The Hall–Kier alpha value is -3.21. The minimum atomic E-state index is -1.12. The molecular formula is C20H16FNO3. The van der Waals surface area contributed by atoms with E-state index in [2.05, 4.69) is 5.32 Å². The molecule has 0 aliphatic carbocycles. The van der Waals surface area contributed by atoms with Gasteiger partial charge in [-0.1, -0.05) is 42.5 Å². The van der Waals surface area contributed by atoms with Gasteiger partial charge in [-0.15, -0.1) is 0 Å². The van der Waals surface area contributed by atoms with Gasteiger partial charge in [-0.25, -0.2) is 9.18 Å². The highest BCUT2D eigenvalue weighted by Gasteiger charge is 2.22. The molecule has 0 unspecified atom stereocenters. The largest absolute Gasteiger partial charge is 0.480 e. The molecule has 3 aromatic rings. The van der Waals surface area contributed by atoms with Crippen LogP contribution < -0.4 is 5.32 Å². The van der Waals surface area contributed by atoms with E-state index in [9.17, 15) is 19.1 Å². The zero-order valence-electron chi connectivity index (χ0n) is 13.3. The number of carboxylic acid groups (broad SMARTS) is 1. The van der Waals surface area contributed by atoms with Gasteiger partial charge in [0.1, 0.15) is 11.9 Å². The van der Waals surface area contributed by atoms with Crippen LogP contribution in [0.2, 0.25) is 0 Å². The summed E-state index contributed by atoms with van der Waals surface area (Å²) in [5.41, 5.74) is 1.05. The first-order valence-corrected chi connectivity index (χ1v) is 7.80. The lowest BCUT2D eigenvalue weighted by Gasteiger charge is -2.16. The maximum absolute atomic E-state index is 13.0. The van der Waals surface area contributed by atoms with E-state index >= 15 is 0 Å². The van der Waals surface area contributed by atoms with E-state index in [-0.39, 0.29) is 12.0 Å². The van der Waals surface area contributed by atoms with Crippen molar-refractivity contribution >= 4 is 22.6 Å². The summed E-state index contributed by atoms with van der Waals surface area (Å²) in [6.07, 6.45) is 0.156. The third-order valence-electron chi connectivity index (χ3n) is 4.01. The molecule has 3 rings (SSSR count). The zero-order chi connectivity index (χ0) is 17.8. The third kappa shape index (κ3) is 3.83. The van der Waals surface area contributed by atoms with Crippen LogP contribution in [-0.4, -0.2) is 23.0 Å². The van der Waals surface area contributed by atoms with Gasteiger partial charge in [0.2, 0.25) is 0 Å². The fraction of sp³-hybridized carbons (Fsp3) is 0.100. The Morgan fingerprint density at radius 3 is 2.36 bits per heavy atom. The van der Waals surface area contributed by atoms with E-state index in [4.69, 9.17) is 0 Å². The SMILES string of the molecule is O=C(N[C@@H](Cc1cccc2ccccc12)C(=O)O)c1ccc(F)cc1. The van der Waals surface area contributed by atoms with Crippen molar-refractivity contribution in [2.75, 3.05) is 0 Å². The van der Waals surface area contributed by atoms with Crippen molar-refractivity contribution in [2.45, 2.75) is 12.5 Å². The van der Waals surface area contributed by atoms with Crippen molar-refractivity contribution in [3.05, 3.63) is 83.7 Å². The second kappa shape index (κ2) is 7.13. The Bertz CT molecular complexity index is 916. The summed E-state index contributed by atoms with van der Waals surface area (Å²) in [4.78, 5) is 23.8. The molecule has 0 heterocycles. The standard InChI is InChI=1S/C20H16FNO3/c21-16-10-8-14(9-11-16)19(23)22-18(20(24)25)12-15-6-3-5-13-4-1-2-7-17(13)15/h1-11,18H,12H2,(H,22,23)(H,24,25)/t18-/m0/s1. The molecule has 25 heavy (non-hydrogen) atoms. The molecule has 5 heteroatoms. The minimum absolute atomic E-state index is 0.156. The summed E-state index contributed by atoms with van der Waals surface area (Å²) < 4.78 is 13.0. The lowest BCUT2D eigenvalue weighted by atomic mass is 9.98. The molecule has 0 saturated heterocycles. The van der Waals surface area contributed by atoms with Crippen LogP contribution in [0.15, 0.2) is 66.7 Å². The van der Waals surface area contributed by atoms with Crippen molar-refractivity contribution in [3.63, 3.8) is 0 Å². The number of amides is 1. The molecule has 0 spiro atoms. The van der Waals surface area contributed by atoms with Crippen molar-refractivity contribution in [2.24, 2.45) is 0 Å². The van der Waals surface area contributed by atoms with Gasteiger partial charge in [-0.3, -0.25) is 4.79 Å². The number of nitrogens with one attached hydrogen (secondary N) is 1. The van der Waals surface area contributed by atoms with Crippen LogP contribution in [0, 0.1) is 5.82 Å². The lowest BCUT2D eigenvalue weighted by Crippen LogP contribution is -2.42. The van der Waals surface area contributed by atoms with Gasteiger partial charge in [0.15, 0.2) is 0 Å². The molecule has 0 aromatic heterocycles. The van der Waals surface area contributed by atoms with E-state index in [0.717, 1.165) is 28.5 Å². The maximum atomic E-state index is 13.0. The summed E-state index contributed by atoms with van der Waals surface area (Å²) in [6.45, 7) is 0. The first-order chi connectivity index (χ1) is 12.0. The Kier molecular flexibility index (Phi) is 4.75. The fourth-order valence-electron chi connectivity index (χ4n) is 2.73. The van der Waals surface area contributed by atoms with E-state index in [1.54, 1.807) is 0 Å². The number of hydrogen-bond donors (Lipinski definition) is 2. The van der Waals surface area contributed by atoms with Crippen LogP contribution >= 0.6 is 0 Å². The van der Waals surface area contributed by atoms with Crippen LogP contribution in [0.25, 0.3) is 10.8 Å². The van der Waals surface area contributed by atoms with E-state index in [1.807, 2.05) is 42.5 Å². The summed E-state index contributed by atoms with van der Waals surface area (Å²) in [5.74, 6) is -2.13. The molecule has 0 fully saturated rings. The Morgan fingerprint density at radius 1 is 0.960 bits per heavy atom. The molecule has 0 aliphatic heterocycles. The Morgan fingerprint density at radius 2 is 1.64 bits per heavy atom. The van der Waals surface area contributed by atoms with Crippen molar-refractivity contribution in [3.8, 4) is 0 Å². The molecule has 126 valence electrons. The number of halogens is 1. The van der Waals surface area contributed by atoms with Crippen LogP contribution in [0.1, 0.15) is 15.9 Å². The highest BCUT2D eigenvalue weighted by atomic mass is 19.1. The topological polar surface area (TPSA) is 66.4 Å². The van der Waals surface area contributed by atoms with Gasteiger partial charge in [-0.2, -0.15) is 0 Å². The predicted octanol–water partition coefficient (Wildman–Crippen LogP) is 3.40. The lowest BCUT2D eigenvalue weighted by molar-refractivity contribution is -0.139. The maximum Gasteiger partial charge on any atom is 0.326 e. The number of aliphatic carboxylic acids is 1. The average Bonchev–Trinajstić information content (AvgIpc) is 2.61. The summed E-state index contributed by atoms with van der Waals surface area (Å²) in [5, 5.41) is 13.9. The summed E-state index contributed by atoms with van der Waals surface area (Å²) in [7, 11) is 0. The van der Waals surface area contributed by atoms with Gasteiger partial charge in [0, 0.05) is 12.0 Å². The smallest absolute Gasteiger partial charge is 0.326 e. The number of carbonyl (C=O) groups excluding carboxylic acids is 1. The Labute approximate surface area is 143 Å². The number of carbonyl (C=O) groups is 2. The van der Waals surface area contributed by atoms with Crippen molar-refractivity contribution in [1.29, 1.82) is 0 Å². The molecule has 0 saturated carbocycles. The molecule has 0 aliphatic rings. The van der Waals surface area contributed by atoms with Gasteiger partial charge in [-0.05, 0) is 40.6 Å². The Balaban J connectivity index is 1.83. The average molecular weight is 337 g/mol. The number of rotatable bonds is 5. The van der Waals surface area contributed by atoms with Crippen LogP contribution in [-0.2, 0) is 11.2 Å². The van der Waals surface area contributed by atoms with Gasteiger partial charge >= 0.3 is 5.97 Å². The first kappa shape index (κ1) is 16.6. The first-order valence-electron chi connectivity index (χ1n) is 7.80. The third-order valence-corrected chi connectivity index (χ3v) is 4.01. The van der Waals surface area contributed by atoms with Gasteiger partial charge < -0.3 is 10.4 Å². The molecule has 3 aromatic carbocycles. The highest BCUT2D eigenvalue weighted by Crippen LogP contribution is 2.20. The highest BCUT2D eigenvalue weighted by molar-refractivity contribution is 5.96. The number of fused-ring (bicyclic) bond motifs is 1. The van der Waals surface area contributed by atoms with Crippen LogP contribution in [0.4, 0.5) is 4.39 Å². The zero-order valence-corrected chi connectivity index (χ0v) is 13.3. The van der Waals surface area contributed by atoms with Gasteiger partial charge in [0.25, 0.3) is 5.91 Å². The molecule has 1 amide bonds. The molecule has 1 atom stereocenters. The molecule has 0 bridgehead atoms. The fourth-order valence-corrected chi connectivity index (χ4v) is 2.73. The molecular weight excluding hydrogens is 321 g/mol. The number of carboxylic acids is 1. The van der Waals surface area contributed by atoms with E-state index in [1.165, 1.54) is 12.1 Å². The molecule has 0 radical (unpaired) electrons. The monoisotopic (exact) mass is 337 g/mol. The van der Waals surface area contributed by atoms with Crippen molar-refractivity contribution in [1.82, 2.24) is 5.32 Å². The molecule has 2 N–H and O–H groups in total. The summed E-state index contributed by atoms with van der Waals surface area (Å²) >= 11 is 0. The predicted molar refractivity (Wildman–Crippen MR) is 92.9 cm³/mol. The molecule has 4 nitrogen and oxygen atoms in total. The normalized spacial score (nSPS) is 11.9.